The van der Waals surface area contributed by atoms with Crippen LogP contribution in [0.4, 0.5) is 5.69 Å². The number of hydrogen-bond acceptors (Lipinski definition) is 3. The van der Waals surface area contributed by atoms with Gasteiger partial charge in [0, 0.05) is 19.0 Å². The van der Waals surface area contributed by atoms with E-state index in [4.69, 9.17) is 23.2 Å². The molecule has 1 aromatic carbocycles. The molecule has 0 radical (unpaired) electrons. The van der Waals surface area contributed by atoms with Gasteiger partial charge in [0.2, 0.25) is 0 Å². The third kappa shape index (κ3) is 1.72. The number of halogens is 2. The number of benzene rings is 1. The van der Waals surface area contributed by atoms with Crippen molar-refractivity contribution in [3.05, 3.63) is 27.7 Å². The number of anilines is 1. The average Bonchev–Trinajstić information content (AvgIpc) is 2.45. The zero-order valence-electron chi connectivity index (χ0n) is 9.83. The van der Waals surface area contributed by atoms with Crippen molar-refractivity contribution in [2.45, 2.75) is 18.9 Å². The van der Waals surface area contributed by atoms with Crippen LogP contribution in [0.15, 0.2) is 12.1 Å². The molecular formula is C12H11Cl2NO3. The lowest BCUT2D eigenvalue weighted by molar-refractivity contribution is -0.141. The Morgan fingerprint density at radius 2 is 2.06 bits per heavy atom. The van der Waals surface area contributed by atoms with E-state index in [2.05, 4.69) is 0 Å². The van der Waals surface area contributed by atoms with Crippen molar-refractivity contribution >= 4 is 40.6 Å². The first-order valence-electron chi connectivity index (χ1n) is 5.27. The van der Waals surface area contributed by atoms with Crippen LogP contribution in [-0.4, -0.2) is 23.8 Å². The van der Waals surface area contributed by atoms with Crippen LogP contribution in [0.1, 0.15) is 18.9 Å². The summed E-state index contributed by atoms with van der Waals surface area (Å²) in [6.07, 6.45) is -0.277. The van der Waals surface area contributed by atoms with Gasteiger partial charge in [-0.1, -0.05) is 29.3 Å². The second-order valence-corrected chi connectivity index (χ2v) is 5.15. The molecule has 0 saturated heterocycles. The Hall–Kier alpha value is -1.10. The molecule has 0 aliphatic carbocycles. The second-order valence-electron chi connectivity index (χ2n) is 4.36. The highest BCUT2D eigenvalue weighted by atomic mass is 35.5. The highest BCUT2D eigenvalue weighted by Crippen LogP contribution is 2.47. The second kappa shape index (κ2) is 4.23. The molecule has 1 unspecified atom stereocenters. The van der Waals surface area contributed by atoms with E-state index in [1.807, 2.05) is 0 Å². The number of carbonyl (C=O) groups is 2. The number of fused-ring (bicyclic) bond motifs is 1. The number of likely N-dealkylation sites (N-methyl/N-ethyl adjacent to an activating group) is 1. The Morgan fingerprint density at radius 1 is 1.44 bits per heavy atom. The van der Waals surface area contributed by atoms with Crippen LogP contribution >= 0.6 is 23.2 Å². The van der Waals surface area contributed by atoms with Gasteiger partial charge in [-0.2, -0.15) is 0 Å². The molecule has 96 valence electrons. The topological polar surface area (TPSA) is 57.6 Å². The molecule has 18 heavy (non-hydrogen) atoms. The van der Waals surface area contributed by atoms with Crippen molar-refractivity contribution < 1.29 is 14.7 Å². The van der Waals surface area contributed by atoms with Gasteiger partial charge in [0.25, 0.3) is 5.91 Å². The maximum atomic E-state index is 12.1. The molecular weight excluding hydrogens is 277 g/mol. The largest absolute Gasteiger partial charge is 0.375 e. The van der Waals surface area contributed by atoms with E-state index in [0.717, 1.165) is 0 Å². The van der Waals surface area contributed by atoms with Crippen molar-refractivity contribution in [1.82, 2.24) is 0 Å². The SMILES string of the molecule is CC(=O)CC1(O)C(=O)N(C)c2c1ccc(Cl)c2Cl. The van der Waals surface area contributed by atoms with Crippen LogP contribution < -0.4 is 4.90 Å². The molecule has 0 fully saturated rings. The van der Waals surface area contributed by atoms with Crippen molar-refractivity contribution in [3.63, 3.8) is 0 Å². The van der Waals surface area contributed by atoms with E-state index < -0.39 is 11.5 Å². The Morgan fingerprint density at radius 3 is 2.61 bits per heavy atom. The maximum Gasteiger partial charge on any atom is 0.263 e. The van der Waals surface area contributed by atoms with Gasteiger partial charge in [0.15, 0.2) is 5.60 Å². The molecule has 6 heteroatoms. The average molecular weight is 288 g/mol. The van der Waals surface area contributed by atoms with Crippen molar-refractivity contribution in [2.75, 3.05) is 11.9 Å². The van der Waals surface area contributed by atoms with Gasteiger partial charge in [-0.15, -0.1) is 0 Å². The van der Waals surface area contributed by atoms with Crippen LogP contribution in [0.5, 0.6) is 0 Å². The normalized spacial score (nSPS) is 22.3. The fraction of sp³-hybridized carbons (Fsp3) is 0.333. The molecule has 1 atom stereocenters. The van der Waals surface area contributed by atoms with E-state index in [0.29, 0.717) is 16.3 Å². The lowest BCUT2D eigenvalue weighted by Gasteiger charge is -2.20. The Kier molecular flexibility index (Phi) is 3.13. The minimum atomic E-state index is -1.84. The van der Waals surface area contributed by atoms with Gasteiger partial charge < -0.3 is 10.0 Å². The molecule has 4 nitrogen and oxygen atoms in total. The van der Waals surface area contributed by atoms with Crippen LogP contribution in [0.25, 0.3) is 0 Å². The summed E-state index contributed by atoms with van der Waals surface area (Å²) in [5, 5.41) is 10.9. The van der Waals surface area contributed by atoms with E-state index in [9.17, 15) is 14.7 Å². The summed E-state index contributed by atoms with van der Waals surface area (Å²) in [5.41, 5.74) is -1.16. The highest BCUT2D eigenvalue weighted by molar-refractivity contribution is 6.44. The first-order chi connectivity index (χ1) is 8.29. The number of rotatable bonds is 2. The van der Waals surface area contributed by atoms with Gasteiger partial charge in [-0.25, -0.2) is 0 Å². The number of carbonyl (C=O) groups excluding carboxylic acids is 2. The lowest BCUT2D eigenvalue weighted by Crippen LogP contribution is -2.39. The number of amides is 1. The third-order valence-electron chi connectivity index (χ3n) is 3.01. The summed E-state index contributed by atoms with van der Waals surface area (Å²) in [6, 6.07) is 3.02. The zero-order valence-corrected chi connectivity index (χ0v) is 11.3. The van der Waals surface area contributed by atoms with Crippen LogP contribution in [0.2, 0.25) is 10.0 Å². The summed E-state index contributed by atoms with van der Waals surface area (Å²) in [7, 11) is 1.49. The van der Waals surface area contributed by atoms with Gasteiger partial charge in [-0.3, -0.25) is 9.59 Å². The highest BCUT2D eigenvalue weighted by Gasteiger charge is 2.50. The Labute approximate surface area is 114 Å². The summed E-state index contributed by atoms with van der Waals surface area (Å²) < 4.78 is 0. The van der Waals surface area contributed by atoms with Crippen LogP contribution in [-0.2, 0) is 15.2 Å². The summed E-state index contributed by atoms with van der Waals surface area (Å²) in [5.74, 6) is -0.852. The molecule has 1 aromatic rings. The molecule has 1 heterocycles. The minimum absolute atomic E-state index is 0.199. The number of hydrogen-bond donors (Lipinski definition) is 1. The molecule has 0 saturated carbocycles. The quantitative estimate of drug-likeness (QED) is 0.907. The smallest absolute Gasteiger partial charge is 0.263 e. The van der Waals surface area contributed by atoms with Crippen molar-refractivity contribution in [3.8, 4) is 0 Å². The first kappa shape index (κ1) is 13.3. The summed E-state index contributed by atoms with van der Waals surface area (Å²) in [6.45, 7) is 1.32. The van der Waals surface area contributed by atoms with Crippen LogP contribution in [0, 0.1) is 0 Å². The Bertz CT molecular complexity index is 558. The van der Waals surface area contributed by atoms with Gasteiger partial charge in [-0.05, 0) is 13.0 Å². The van der Waals surface area contributed by atoms with E-state index >= 15 is 0 Å². The number of nitrogens with zero attached hydrogens (tertiary/aromatic N) is 1. The van der Waals surface area contributed by atoms with Gasteiger partial charge in [0.1, 0.15) is 5.78 Å². The predicted molar refractivity (Wildman–Crippen MR) is 69.1 cm³/mol. The monoisotopic (exact) mass is 287 g/mol. The van der Waals surface area contributed by atoms with Crippen LogP contribution in [0.3, 0.4) is 0 Å². The fourth-order valence-corrected chi connectivity index (χ4v) is 2.67. The maximum absolute atomic E-state index is 12.1. The minimum Gasteiger partial charge on any atom is -0.375 e. The predicted octanol–water partition coefficient (Wildman–Crippen LogP) is 2.14. The van der Waals surface area contributed by atoms with Gasteiger partial charge in [0.05, 0.1) is 15.7 Å². The van der Waals surface area contributed by atoms with E-state index in [1.165, 1.54) is 31.0 Å². The summed E-state index contributed by atoms with van der Waals surface area (Å²) in [4.78, 5) is 24.6. The molecule has 1 N–H and O–H groups in total. The van der Waals surface area contributed by atoms with Gasteiger partial charge >= 0.3 is 0 Å². The molecule has 1 aliphatic rings. The standard InChI is InChI=1S/C12H11Cl2NO3/c1-6(16)5-12(18)7-3-4-8(13)9(14)10(7)15(2)11(12)17/h3-4,18H,5H2,1-2H3. The Balaban J connectivity index is 2.67. The molecule has 1 aliphatic heterocycles. The molecule has 0 aromatic heterocycles. The first-order valence-corrected chi connectivity index (χ1v) is 6.03. The molecule has 2 rings (SSSR count). The molecule has 1 amide bonds. The fourth-order valence-electron chi connectivity index (χ4n) is 2.23. The van der Waals surface area contributed by atoms with E-state index in [1.54, 1.807) is 0 Å². The summed E-state index contributed by atoms with van der Waals surface area (Å²) >= 11 is 11.9. The third-order valence-corrected chi connectivity index (χ3v) is 3.81. The molecule has 0 spiro atoms. The van der Waals surface area contributed by atoms with E-state index in [-0.39, 0.29) is 17.2 Å². The van der Waals surface area contributed by atoms with Crippen molar-refractivity contribution in [1.29, 1.82) is 0 Å². The zero-order chi connectivity index (χ0) is 13.7. The van der Waals surface area contributed by atoms with Crippen molar-refractivity contribution in [2.24, 2.45) is 0 Å². The number of aliphatic hydroxyl groups is 1. The number of ketones is 1. The molecule has 0 bridgehead atoms. The number of Topliss-reactive ketones (excluding diaryl/α,β-unsaturated/α-hetero) is 1. The lowest BCUT2D eigenvalue weighted by atomic mass is 9.90.